The van der Waals surface area contributed by atoms with Crippen molar-refractivity contribution in [3.8, 4) is 0 Å². The second kappa shape index (κ2) is 12.4. The molecule has 1 saturated heterocycles. The number of nitrogens with zero attached hydrogens (tertiary/aromatic N) is 2. The molecule has 1 aromatic carbocycles. The Bertz CT molecular complexity index is 585. The van der Waals surface area contributed by atoms with E-state index in [1.807, 2.05) is 11.8 Å². The Morgan fingerprint density at radius 1 is 1.31 bits per heavy atom. The molecule has 0 spiro atoms. The lowest BCUT2D eigenvalue weighted by atomic mass is 10.1. The zero-order chi connectivity index (χ0) is 18.1. The van der Waals surface area contributed by atoms with Crippen molar-refractivity contribution in [2.45, 2.75) is 25.0 Å². The number of hydrogen-bond acceptors (Lipinski definition) is 3. The largest absolute Gasteiger partial charge is 0.354 e. The SMILES string of the molecule is CCC1CN(C(=NC)NCCNC(=O)Cc2ccc(F)cc2)CCS1.I. The predicted octanol–water partition coefficient (Wildman–Crippen LogP) is 2.51. The number of rotatable bonds is 6. The molecule has 1 fully saturated rings. The van der Waals surface area contributed by atoms with Crippen LogP contribution >= 0.6 is 35.7 Å². The highest BCUT2D eigenvalue weighted by Crippen LogP contribution is 2.20. The minimum Gasteiger partial charge on any atom is -0.354 e. The minimum atomic E-state index is -0.291. The third kappa shape index (κ3) is 7.69. The van der Waals surface area contributed by atoms with Gasteiger partial charge in [0.25, 0.3) is 0 Å². The quantitative estimate of drug-likeness (QED) is 0.276. The van der Waals surface area contributed by atoms with Crippen LogP contribution in [0.25, 0.3) is 0 Å². The maximum atomic E-state index is 12.9. The molecule has 0 bridgehead atoms. The lowest BCUT2D eigenvalue weighted by molar-refractivity contribution is -0.120. The first kappa shape index (κ1) is 23.0. The average Bonchev–Trinajstić information content (AvgIpc) is 2.64. The van der Waals surface area contributed by atoms with Crippen LogP contribution in [-0.2, 0) is 11.2 Å². The molecule has 1 aromatic rings. The van der Waals surface area contributed by atoms with Gasteiger partial charge in [-0.15, -0.1) is 24.0 Å². The number of hydrogen-bond donors (Lipinski definition) is 2. The summed E-state index contributed by atoms with van der Waals surface area (Å²) in [6, 6.07) is 6.00. The number of amides is 1. The fourth-order valence-electron chi connectivity index (χ4n) is 2.72. The summed E-state index contributed by atoms with van der Waals surface area (Å²) < 4.78 is 12.9. The zero-order valence-electron chi connectivity index (χ0n) is 15.3. The molecule has 1 unspecified atom stereocenters. The van der Waals surface area contributed by atoms with Gasteiger partial charge in [0.15, 0.2) is 5.96 Å². The molecule has 1 heterocycles. The van der Waals surface area contributed by atoms with E-state index in [1.54, 1.807) is 19.2 Å². The summed E-state index contributed by atoms with van der Waals surface area (Å²) in [6.45, 7) is 5.38. The summed E-state index contributed by atoms with van der Waals surface area (Å²) in [5.41, 5.74) is 0.805. The fraction of sp³-hybridized carbons (Fsp3) is 0.556. The molecule has 0 radical (unpaired) electrons. The van der Waals surface area contributed by atoms with Crippen LogP contribution in [0.2, 0.25) is 0 Å². The van der Waals surface area contributed by atoms with Gasteiger partial charge in [0, 0.05) is 44.2 Å². The first-order valence-corrected chi connectivity index (χ1v) is 9.75. The van der Waals surface area contributed by atoms with E-state index >= 15 is 0 Å². The number of benzene rings is 1. The molecule has 1 aliphatic rings. The van der Waals surface area contributed by atoms with E-state index in [1.165, 1.54) is 12.1 Å². The first-order chi connectivity index (χ1) is 12.1. The number of guanidine groups is 1. The van der Waals surface area contributed by atoms with Gasteiger partial charge in [-0.1, -0.05) is 19.1 Å². The van der Waals surface area contributed by atoms with Crippen molar-refractivity contribution in [1.29, 1.82) is 0 Å². The van der Waals surface area contributed by atoms with E-state index in [0.29, 0.717) is 18.3 Å². The minimum absolute atomic E-state index is 0. The van der Waals surface area contributed by atoms with Crippen molar-refractivity contribution in [2.75, 3.05) is 39.0 Å². The van der Waals surface area contributed by atoms with Gasteiger partial charge in [0.1, 0.15) is 5.82 Å². The summed E-state index contributed by atoms with van der Waals surface area (Å²) in [4.78, 5) is 18.5. The molecular formula is C18H28FIN4OS. The molecule has 146 valence electrons. The van der Waals surface area contributed by atoms with E-state index in [2.05, 4.69) is 27.4 Å². The van der Waals surface area contributed by atoms with Crippen LogP contribution in [0.4, 0.5) is 4.39 Å². The van der Waals surface area contributed by atoms with Crippen LogP contribution in [0.5, 0.6) is 0 Å². The van der Waals surface area contributed by atoms with Crippen LogP contribution < -0.4 is 10.6 Å². The molecule has 26 heavy (non-hydrogen) atoms. The van der Waals surface area contributed by atoms with Crippen LogP contribution in [-0.4, -0.2) is 61.0 Å². The van der Waals surface area contributed by atoms with Crippen LogP contribution in [0.3, 0.4) is 0 Å². The number of aliphatic imine (C=N–C) groups is 1. The number of halogens is 2. The van der Waals surface area contributed by atoms with Gasteiger partial charge < -0.3 is 15.5 Å². The van der Waals surface area contributed by atoms with Crippen LogP contribution in [0, 0.1) is 5.82 Å². The molecule has 0 aliphatic carbocycles. The molecule has 0 saturated carbocycles. The van der Waals surface area contributed by atoms with Gasteiger partial charge in [-0.05, 0) is 24.1 Å². The van der Waals surface area contributed by atoms with Gasteiger partial charge >= 0.3 is 0 Å². The second-order valence-corrected chi connectivity index (χ2v) is 7.38. The Balaban J connectivity index is 0.00000338. The van der Waals surface area contributed by atoms with Gasteiger partial charge in [-0.3, -0.25) is 9.79 Å². The van der Waals surface area contributed by atoms with E-state index in [4.69, 9.17) is 0 Å². The average molecular weight is 494 g/mol. The number of carbonyl (C=O) groups is 1. The maximum absolute atomic E-state index is 12.9. The second-order valence-electron chi connectivity index (χ2n) is 5.97. The van der Waals surface area contributed by atoms with Crippen LogP contribution in [0.1, 0.15) is 18.9 Å². The molecule has 2 N–H and O–H groups in total. The molecule has 2 rings (SSSR count). The van der Waals surface area contributed by atoms with Gasteiger partial charge in [0.2, 0.25) is 5.91 Å². The Hall–Kier alpha value is -1.03. The lowest BCUT2D eigenvalue weighted by Gasteiger charge is -2.34. The Morgan fingerprint density at radius 2 is 2.00 bits per heavy atom. The molecule has 0 aromatic heterocycles. The fourth-order valence-corrected chi connectivity index (χ4v) is 3.90. The van der Waals surface area contributed by atoms with Crippen LogP contribution in [0.15, 0.2) is 29.3 Å². The normalized spacial score (nSPS) is 17.4. The third-order valence-corrected chi connectivity index (χ3v) is 5.49. The van der Waals surface area contributed by atoms with Gasteiger partial charge in [-0.2, -0.15) is 11.8 Å². The number of carbonyl (C=O) groups excluding carboxylic acids is 1. The van der Waals surface area contributed by atoms with E-state index in [-0.39, 0.29) is 42.1 Å². The molecule has 1 atom stereocenters. The van der Waals surface area contributed by atoms with Gasteiger partial charge in [0.05, 0.1) is 6.42 Å². The van der Waals surface area contributed by atoms with Crippen molar-refractivity contribution >= 4 is 47.6 Å². The van der Waals surface area contributed by atoms with Crippen molar-refractivity contribution in [3.63, 3.8) is 0 Å². The van der Waals surface area contributed by atoms with Gasteiger partial charge in [-0.25, -0.2) is 4.39 Å². The van der Waals surface area contributed by atoms with Crippen molar-refractivity contribution in [3.05, 3.63) is 35.6 Å². The summed E-state index contributed by atoms with van der Waals surface area (Å²) in [5, 5.41) is 6.84. The maximum Gasteiger partial charge on any atom is 0.224 e. The standard InChI is InChI=1S/C18H27FN4OS.HI/c1-3-16-13-23(10-11-25-16)18(20-2)22-9-8-21-17(24)12-14-4-6-15(19)7-5-14;/h4-7,16H,3,8-13H2,1-2H3,(H,20,22)(H,21,24);1H. The number of thioether (sulfide) groups is 1. The van der Waals surface area contributed by atoms with E-state index in [9.17, 15) is 9.18 Å². The highest BCUT2D eigenvalue weighted by molar-refractivity contribution is 14.0. The molecule has 1 aliphatic heterocycles. The molecule has 8 heteroatoms. The van der Waals surface area contributed by atoms with E-state index in [0.717, 1.165) is 36.8 Å². The van der Waals surface area contributed by atoms with Crippen molar-refractivity contribution in [2.24, 2.45) is 4.99 Å². The molecular weight excluding hydrogens is 466 g/mol. The summed E-state index contributed by atoms with van der Waals surface area (Å²) in [5.74, 6) is 1.66. The van der Waals surface area contributed by atoms with Crippen molar-refractivity contribution in [1.82, 2.24) is 15.5 Å². The predicted molar refractivity (Wildman–Crippen MR) is 118 cm³/mol. The summed E-state index contributed by atoms with van der Waals surface area (Å²) in [7, 11) is 1.79. The third-order valence-electron chi connectivity index (χ3n) is 4.11. The smallest absolute Gasteiger partial charge is 0.224 e. The number of nitrogens with one attached hydrogen (secondary N) is 2. The summed E-state index contributed by atoms with van der Waals surface area (Å²) >= 11 is 2.02. The topological polar surface area (TPSA) is 56.7 Å². The highest BCUT2D eigenvalue weighted by atomic mass is 127. The Labute approximate surface area is 176 Å². The zero-order valence-corrected chi connectivity index (χ0v) is 18.5. The summed E-state index contributed by atoms with van der Waals surface area (Å²) in [6.07, 6.45) is 1.42. The van der Waals surface area contributed by atoms with Crippen molar-refractivity contribution < 1.29 is 9.18 Å². The Morgan fingerprint density at radius 3 is 2.65 bits per heavy atom. The Kier molecular flexibility index (Phi) is 11.0. The molecule has 5 nitrogen and oxygen atoms in total. The van der Waals surface area contributed by atoms with E-state index < -0.39 is 0 Å². The first-order valence-electron chi connectivity index (χ1n) is 8.70. The molecule has 1 amide bonds. The lowest BCUT2D eigenvalue weighted by Crippen LogP contribution is -2.49. The monoisotopic (exact) mass is 494 g/mol. The highest BCUT2D eigenvalue weighted by Gasteiger charge is 2.21.